The molecule has 0 spiro atoms. The van der Waals surface area contributed by atoms with Crippen molar-refractivity contribution in [3.8, 4) is 0 Å². The fourth-order valence-electron chi connectivity index (χ4n) is 0.899. The number of aliphatic hydroxyl groups is 2. The van der Waals surface area contributed by atoms with E-state index in [0.717, 1.165) is 5.06 Å². The number of β-amino-alcohol motifs (C(OH)–C–C–N with tert-alkyl or cyclic N) is 1. The molecule has 5 nitrogen and oxygen atoms in total. The molecule has 0 aromatic rings. The highest BCUT2D eigenvalue weighted by molar-refractivity contribution is 4.66. The lowest BCUT2D eigenvalue weighted by atomic mass is 10.3. The SMILES string of the molecule is OCC1CN(O)CC(O)O1. The molecule has 1 saturated heterocycles. The monoisotopic (exact) mass is 149 g/mol. The first-order chi connectivity index (χ1) is 4.72. The van der Waals surface area contributed by atoms with E-state index in [4.69, 9.17) is 20.2 Å². The highest BCUT2D eigenvalue weighted by Crippen LogP contribution is 2.05. The normalized spacial score (nSPS) is 36.3. The van der Waals surface area contributed by atoms with E-state index < -0.39 is 12.4 Å². The van der Waals surface area contributed by atoms with Crippen molar-refractivity contribution in [1.29, 1.82) is 0 Å². The molecule has 0 bridgehead atoms. The molecule has 1 aliphatic rings. The van der Waals surface area contributed by atoms with Crippen molar-refractivity contribution in [1.82, 2.24) is 5.06 Å². The highest BCUT2D eigenvalue weighted by atomic mass is 16.6. The first-order valence-corrected chi connectivity index (χ1v) is 3.10. The number of hydrogen-bond donors (Lipinski definition) is 3. The van der Waals surface area contributed by atoms with Gasteiger partial charge in [-0.1, -0.05) is 0 Å². The molecule has 1 heterocycles. The van der Waals surface area contributed by atoms with Crippen LogP contribution in [0.25, 0.3) is 0 Å². The summed E-state index contributed by atoms with van der Waals surface area (Å²) in [6.07, 6.45) is -1.47. The molecule has 0 amide bonds. The lowest BCUT2D eigenvalue weighted by Crippen LogP contribution is -2.47. The summed E-state index contributed by atoms with van der Waals surface area (Å²) in [4.78, 5) is 0. The molecular formula is C5H11NO4. The fraction of sp³-hybridized carbons (Fsp3) is 1.00. The molecule has 1 rings (SSSR count). The van der Waals surface area contributed by atoms with E-state index in [1.165, 1.54) is 0 Å². The standard InChI is InChI=1S/C5H11NO4/c7-3-4-1-6(9)2-5(8)10-4/h4-5,7-9H,1-3H2. The van der Waals surface area contributed by atoms with Crippen LogP contribution in [-0.4, -0.2) is 52.6 Å². The third-order valence-corrected chi connectivity index (χ3v) is 1.33. The second-order valence-corrected chi connectivity index (χ2v) is 2.27. The van der Waals surface area contributed by atoms with Gasteiger partial charge in [-0.2, -0.15) is 5.06 Å². The van der Waals surface area contributed by atoms with Gasteiger partial charge in [-0.25, -0.2) is 0 Å². The van der Waals surface area contributed by atoms with Gasteiger partial charge in [0.1, 0.15) is 0 Å². The molecule has 1 fully saturated rings. The maximum atomic E-state index is 8.86. The van der Waals surface area contributed by atoms with Crippen molar-refractivity contribution >= 4 is 0 Å². The van der Waals surface area contributed by atoms with Gasteiger partial charge in [0.05, 0.1) is 25.8 Å². The Morgan fingerprint density at radius 2 is 2.20 bits per heavy atom. The number of hydroxylamine groups is 2. The Morgan fingerprint density at radius 1 is 1.50 bits per heavy atom. The average Bonchev–Trinajstić information content (AvgIpc) is 1.85. The minimum Gasteiger partial charge on any atom is -0.394 e. The summed E-state index contributed by atoms with van der Waals surface area (Å²) < 4.78 is 4.81. The van der Waals surface area contributed by atoms with E-state index in [1.54, 1.807) is 0 Å². The fourth-order valence-corrected chi connectivity index (χ4v) is 0.899. The predicted molar refractivity (Wildman–Crippen MR) is 31.3 cm³/mol. The molecule has 0 radical (unpaired) electrons. The Bertz CT molecular complexity index is 99.8. The number of nitrogens with zero attached hydrogens (tertiary/aromatic N) is 1. The summed E-state index contributed by atoms with van der Waals surface area (Å²) in [5.74, 6) is 0. The summed E-state index contributed by atoms with van der Waals surface area (Å²) >= 11 is 0. The maximum Gasteiger partial charge on any atom is 0.170 e. The van der Waals surface area contributed by atoms with Crippen LogP contribution >= 0.6 is 0 Å². The molecule has 2 atom stereocenters. The third-order valence-electron chi connectivity index (χ3n) is 1.33. The van der Waals surface area contributed by atoms with E-state index in [2.05, 4.69) is 0 Å². The van der Waals surface area contributed by atoms with Crippen LogP contribution < -0.4 is 0 Å². The van der Waals surface area contributed by atoms with Crippen molar-refractivity contribution < 1.29 is 20.2 Å². The van der Waals surface area contributed by atoms with Crippen molar-refractivity contribution in [2.45, 2.75) is 12.4 Å². The van der Waals surface area contributed by atoms with Crippen LogP contribution in [-0.2, 0) is 4.74 Å². The molecule has 0 aliphatic carbocycles. The maximum absolute atomic E-state index is 8.86. The average molecular weight is 149 g/mol. The van der Waals surface area contributed by atoms with Crippen molar-refractivity contribution in [3.63, 3.8) is 0 Å². The van der Waals surface area contributed by atoms with E-state index in [-0.39, 0.29) is 19.7 Å². The van der Waals surface area contributed by atoms with Crippen LogP contribution in [0.2, 0.25) is 0 Å². The summed E-state index contributed by atoms with van der Waals surface area (Å²) in [7, 11) is 0. The van der Waals surface area contributed by atoms with Gasteiger partial charge in [-0.3, -0.25) is 0 Å². The third kappa shape index (κ3) is 1.89. The predicted octanol–water partition coefficient (Wildman–Crippen LogP) is -1.61. The van der Waals surface area contributed by atoms with Crippen molar-refractivity contribution in [3.05, 3.63) is 0 Å². The molecule has 3 N–H and O–H groups in total. The smallest absolute Gasteiger partial charge is 0.170 e. The lowest BCUT2D eigenvalue weighted by molar-refractivity contribution is -0.255. The zero-order chi connectivity index (χ0) is 7.56. The quantitative estimate of drug-likeness (QED) is 0.418. The Kier molecular flexibility index (Phi) is 2.58. The second-order valence-electron chi connectivity index (χ2n) is 2.27. The number of morpholine rings is 1. The Hall–Kier alpha value is -0.200. The Morgan fingerprint density at radius 3 is 2.70 bits per heavy atom. The highest BCUT2D eigenvalue weighted by Gasteiger charge is 2.24. The molecule has 0 saturated carbocycles. The molecule has 60 valence electrons. The molecular weight excluding hydrogens is 138 g/mol. The molecule has 2 unspecified atom stereocenters. The van der Waals surface area contributed by atoms with Crippen LogP contribution in [0.5, 0.6) is 0 Å². The van der Waals surface area contributed by atoms with E-state index in [9.17, 15) is 0 Å². The molecule has 0 aromatic heterocycles. The van der Waals surface area contributed by atoms with E-state index in [1.807, 2.05) is 0 Å². The number of aliphatic hydroxyl groups excluding tert-OH is 2. The zero-order valence-corrected chi connectivity index (χ0v) is 5.47. The van der Waals surface area contributed by atoms with Gasteiger partial charge in [-0.15, -0.1) is 0 Å². The van der Waals surface area contributed by atoms with Gasteiger partial charge in [-0.05, 0) is 0 Å². The summed E-state index contributed by atoms with van der Waals surface area (Å²) in [6, 6.07) is 0. The van der Waals surface area contributed by atoms with Crippen LogP contribution in [0.3, 0.4) is 0 Å². The van der Waals surface area contributed by atoms with E-state index in [0.29, 0.717) is 0 Å². The first-order valence-electron chi connectivity index (χ1n) is 3.10. The largest absolute Gasteiger partial charge is 0.394 e. The Labute approximate surface area is 58.4 Å². The van der Waals surface area contributed by atoms with Crippen molar-refractivity contribution in [2.75, 3.05) is 19.7 Å². The topological polar surface area (TPSA) is 73.2 Å². The number of rotatable bonds is 1. The van der Waals surface area contributed by atoms with Gasteiger partial charge < -0.3 is 20.2 Å². The summed E-state index contributed by atoms with van der Waals surface area (Å²) in [5.41, 5.74) is 0. The molecule has 0 aromatic carbocycles. The molecule has 10 heavy (non-hydrogen) atoms. The van der Waals surface area contributed by atoms with Crippen LogP contribution in [0.4, 0.5) is 0 Å². The number of ether oxygens (including phenoxy) is 1. The number of hydrogen-bond acceptors (Lipinski definition) is 5. The van der Waals surface area contributed by atoms with Crippen LogP contribution in [0.15, 0.2) is 0 Å². The van der Waals surface area contributed by atoms with Crippen LogP contribution in [0.1, 0.15) is 0 Å². The summed E-state index contributed by atoms with van der Waals surface area (Å²) in [5, 5.41) is 27.2. The Balaban J connectivity index is 2.35. The van der Waals surface area contributed by atoms with Gasteiger partial charge in [0.25, 0.3) is 0 Å². The van der Waals surface area contributed by atoms with E-state index >= 15 is 0 Å². The zero-order valence-electron chi connectivity index (χ0n) is 5.47. The lowest BCUT2D eigenvalue weighted by Gasteiger charge is -2.30. The first kappa shape index (κ1) is 7.90. The van der Waals surface area contributed by atoms with Gasteiger partial charge >= 0.3 is 0 Å². The minimum absolute atomic E-state index is 0.0799. The second kappa shape index (κ2) is 3.27. The molecule has 1 aliphatic heterocycles. The minimum atomic E-state index is -0.990. The summed E-state index contributed by atoms with van der Waals surface area (Å²) in [6.45, 7) is 0.137. The van der Waals surface area contributed by atoms with Crippen molar-refractivity contribution in [2.24, 2.45) is 0 Å². The van der Waals surface area contributed by atoms with Gasteiger partial charge in [0, 0.05) is 0 Å². The van der Waals surface area contributed by atoms with Crippen LogP contribution in [0, 0.1) is 0 Å². The van der Waals surface area contributed by atoms with Gasteiger partial charge in [0.15, 0.2) is 6.29 Å². The molecule has 5 heteroatoms. The van der Waals surface area contributed by atoms with Gasteiger partial charge in [0.2, 0.25) is 0 Å².